The van der Waals surface area contributed by atoms with Crippen LogP contribution in [0.3, 0.4) is 0 Å². The van der Waals surface area contributed by atoms with Crippen LogP contribution in [0.4, 0.5) is 11.4 Å². The summed E-state index contributed by atoms with van der Waals surface area (Å²) in [5.41, 5.74) is 3.95. The monoisotopic (exact) mass is 324 g/mol. The lowest BCUT2D eigenvalue weighted by molar-refractivity contribution is 0.236. The topological polar surface area (TPSA) is 24.9 Å². The van der Waals surface area contributed by atoms with Crippen LogP contribution < -0.4 is 14.4 Å². The van der Waals surface area contributed by atoms with E-state index in [9.17, 15) is 0 Å². The first-order valence-corrected chi connectivity index (χ1v) is 8.51. The number of hydrogen-bond acceptors (Lipinski definition) is 4. The highest BCUT2D eigenvalue weighted by Crippen LogP contribution is 2.49. The summed E-state index contributed by atoms with van der Waals surface area (Å²) >= 11 is 0. The van der Waals surface area contributed by atoms with E-state index in [4.69, 9.17) is 9.47 Å². The van der Waals surface area contributed by atoms with Crippen molar-refractivity contribution in [2.45, 2.75) is 18.4 Å². The summed E-state index contributed by atoms with van der Waals surface area (Å²) in [5.74, 6) is 2.36. The van der Waals surface area contributed by atoms with E-state index in [0.717, 1.165) is 24.6 Å². The fourth-order valence-electron chi connectivity index (χ4n) is 4.15. The summed E-state index contributed by atoms with van der Waals surface area (Å²) in [6.45, 7) is 2.23. The molecule has 126 valence electrons. The molecule has 2 aromatic carbocycles. The predicted molar refractivity (Wildman–Crippen MR) is 96.8 cm³/mol. The molecule has 0 spiro atoms. The van der Waals surface area contributed by atoms with Gasteiger partial charge in [0.05, 0.1) is 14.2 Å². The van der Waals surface area contributed by atoms with E-state index >= 15 is 0 Å². The maximum Gasteiger partial charge on any atom is 0.119 e. The lowest BCUT2D eigenvalue weighted by atomic mass is 9.89. The van der Waals surface area contributed by atoms with Gasteiger partial charge < -0.3 is 19.3 Å². The molecule has 0 aromatic heterocycles. The molecule has 2 aromatic rings. The van der Waals surface area contributed by atoms with Gasteiger partial charge in [0.2, 0.25) is 0 Å². The number of hydrogen-bond donors (Lipinski definition) is 0. The molecular weight excluding hydrogens is 300 g/mol. The zero-order valence-corrected chi connectivity index (χ0v) is 14.5. The molecule has 4 nitrogen and oxygen atoms in total. The first-order valence-electron chi connectivity index (χ1n) is 8.51. The van der Waals surface area contributed by atoms with E-state index in [1.807, 2.05) is 12.1 Å². The van der Waals surface area contributed by atoms with Gasteiger partial charge in [0.25, 0.3) is 0 Å². The average Bonchev–Trinajstić information content (AvgIpc) is 2.94. The number of methoxy groups -OCH3 is 2. The van der Waals surface area contributed by atoms with Crippen molar-refractivity contribution >= 4 is 11.4 Å². The van der Waals surface area contributed by atoms with Gasteiger partial charge in [-0.2, -0.15) is 0 Å². The highest BCUT2D eigenvalue weighted by Gasteiger charge is 2.42. The molecule has 0 N–H and O–H groups in total. The van der Waals surface area contributed by atoms with E-state index in [2.05, 4.69) is 47.2 Å². The van der Waals surface area contributed by atoms with Crippen molar-refractivity contribution in [3.8, 4) is 11.5 Å². The summed E-state index contributed by atoms with van der Waals surface area (Å²) in [4.78, 5) is 4.94. The Kier molecular flexibility index (Phi) is 3.85. The van der Waals surface area contributed by atoms with Crippen LogP contribution in [0, 0.1) is 0 Å². The Morgan fingerprint density at radius 3 is 2.38 bits per heavy atom. The highest BCUT2D eigenvalue weighted by atomic mass is 16.5. The molecule has 0 saturated carbocycles. The number of ether oxygens (including phenoxy) is 2. The second kappa shape index (κ2) is 6.02. The third-order valence-electron chi connectivity index (χ3n) is 5.36. The van der Waals surface area contributed by atoms with Crippen LogP contribution in [0.25, 0.3) is 0 Å². The summed E-state index contributed by atoms with van der Waals surface area (Å²) in [6.07, 6.45) is 1.17. The lowest BCUT2D eigenvalue weighted by Gasteiger charge is -2.37. The Hall–Kier alpha value is -2.20. The highest BCUT2D eigenvalue weighted by molar-refractivity contribution is 5.74. The molecule has 2 heterocycles. The van der Waals surface area contributed by atoms with E-state index in [1.165, 1.54) is 23.4 Å². The zero-order chi connectivity index (χ0) is 16.7. The predicted octanol–water partition coefficient (Wildman–Crippen LogP) is 3.64. The molecule has 2 atom stereocenters. The normalized spacial score (nSPS) is 22.9. The molecule has 0 bridgehead atoms. The number of nitrogens with zero attached hydrogens (tertiary/aromatic N) is 2. The third-order valence-corrected chi connectivity index (χ3v) is 5.36. The molecule has 1 fully saturated rings. The summed E-state index contributed by atoms with van der Waals surface area (Å²) in [6, 6.07) is 15.4. The number of benzene rings is 2. The number of rotatable bonds is 3. The van der Waals surface area contributed by atoms with Crippen molar-refractivity contribution < 1.29 is 9.47 Å². The second-order valence-electron chi connectivity index (χ2n) is 6.72. The van der Waals surface area contributed by atoms with E-state index in [0.29, 0.717) is 12.0 Å². The number of likely N-dealkylation sites (tertiary alicyclic amines) is 1. The smallest absolute Gasteiger partial charge is 0.119 e. The van der Waals surface area contributed by atoms with Gasteiger partial charge in [0, 0.05) is 29.9 Å². The number of anilines is 2. The minimum Gasteiger partial charge on any atom is -0.497 e. The Morgan fingerprint density at radius 1 is 0.958 bits per heavy atom. The quantitative estimate of drug-likeness (QED) is 0.860. The SMILES string of the molecule is COc1ccc(N2c3ccc(OC)cc3[C@@H]3CN(C)CC[C@H]32)cc1. The van der Waals surface area contributed by atoms with Crippen LogP contribution in [0.5, 0.6) is 11.5 Å². The molecule has 1 saturated heterocycles. The van der Waals surface area contributed by atoms with Gasteiger partial charge in [0.15, 0.2) is 0 Å². The van der Waals surface area contributed by atoms with E-state index in [1.54, 1.807) is 14.2 Å². The van der Waals surface area contributed by atoms with Crippen molar-refractivity contribution in [1.82, 2.24) is 4.90 Å². The van der Waals surface area contributed by atoms with Crippen LogP contribution in [-0.4, -0.2) is 45.3 Å². The first-order chi connectivity index (χ1) is 11.7. The largest absolute Gasteiger partial charge is 0.497 e. The Morgan fingerprint density at radius 2 is 1.67 bits per heavy atom. The molecule has 2 aliphatic rings. The van der Waals surface area contributed by atoms with Crippen molar-refractivity contribution in [2.24, 2.45) is 0 Å². The lowest BCUT2D eigenvalue weighted by Crippen LogP contribution is -2.43. The van der Waals surface area contributed by atoms with Gasteiger partial charge in [-0.05, 0) is 68.0 Å². The van der Waals surface area contributed by atoms with Crippen LogP contribution in [0.1, 0.15) is 17.9 Å². The molecule has 0 radical (unpaired) electrons. The Bertz CT molecular complexity index is 729. The fraction of sp³-hybridized carbons (Fsp3) is 0.400. The number of fused-ring (bicyclic) bond motifs is 3. The van der Waals surface area contributed by atoms with Crippen LogP contribution in [-0.2, 0) is 0 Å². The standard InChI is InChI=1S/C20H24N2O2/c1-21-11-10-20-18(13-21)17-12-16(24-3)8-9-19(17)22(20)14-4-6-15(23-2)7-5-14/h4-9,12,18,20H,10-11,13H2,1-3H3/t18-,20+/m0/s1. The zero-order valence-electron chi connectivity index (χ0n) is 14.5. The average molecular weight is 324 g/mol. The van der Waals surface area contributed by atoms with Gasteiger partial charge in [0.1, 0.15) is 11.5 Å². The van der Waals surface area contributed by atoms with E-state index in [-0.39, 0.29) is 0 Å². The van der Waals surface area contributed by atoms with Crippen LogP contribution in [0.15, 0.2) is 42.5 Å². The maximum atomic E-state index is 5.47. The van der Waals surface area contributed by atoms with Gasteiger partial charge in [-0.3, -0.25) is 0 Å². The van der Waals surface area contributed by atoms with Crippen LogP contribution in [0.2, 0.25) is 0 Å². The molecule has 2 aliphatic heterocycles. The van der Waals surface area contributed by atoms with E-state index < -0.39 is 0 Å². The summed E-state index contributed by atoms with van der Waals surface area (Å²) < 4.78 is 10.8. The van der Waals surface area contributed by atoms with Crippen molar-refractivity contribution in [1.29, 1.82) is 0 Å². The van der Waals surface area contributed by atoms with Crippen molar-refractivity contribution in [3.05, 3.63) is 48.0 Å². The molecule has 0 aliphatic carbocycles. The van der Waals surface area contributed by atoms with Gasteiger partial charge in [-0.15, -0.1) is 0 Å². The van der Waals surface area contributed by atoms with Gasteiger partial charge in [-0.1, -0.05) is 0 Å². The summed E-state index contributed by atoms with van der Waals surface area (Å²) in [5, 5.41) is 0. The van der Waals surface area contributed by atoms with Crippen molar-refractivity contribution in [3.63, 3.8) is 0 Å². The third kappa shape index (κ3) is 2.42. The molecule has 4 rings (SSSR count). The molecule has 4 heteroatoms. The van der Waals surface area contributed by atoms with Crippen molar-refractivity contribution in [2.75, 3.05) is 39.3 Å². The Labute approximate surface area is 143 Å². The van der Waals surface area contributed by atoms with Crippen LogP contribution >= 0.6 is 0 Å². The number of likely N-dealkylation sites (N-methyl/N-ethyl adjacent to an activating group) is 1. The minimum atomic E-state index is 0.511. The second-order valence-corrected chi connectivity index (χ2v) is 6.72. The summed E-state index contributed by atoms with van der Waals surface area (Å²) in [7, 11) is 5.66. The fourth-order valence-corrected chi connectivity index (χ4v) is 4.15. The van der Waals surface area contributed by atoms with Gasteiger partial charge >= 0.3 is 0 Å². The first kappa shape index (κ1) is 15.3. The Balaban J connectivity index is 1.78. The molecular formula is C20H24N2O2. The number of piperidine rings is 1. The minimum absolute atomic E-state index is 0.511. The maximum absolute atomic E-state index is 5.47. The molecule has 24 heavy (non-hydrogen) atoms. The molecule has 0 amide bonds. The molecule has 0 unspecified atom stereocenters. The van der Waals surface area contributed by atoms with Gasteiger partial charge in [-0.25, -0.2) is 0 Å².